The van der Waals surface area contributed by atoms with Crippen LogP contribution in [0.5, 0.6) is 0 Å². The molecule has 0 saturated carbocycles. The fraction of sp³-hybridized carbons (Fsp3) is 0.455. The molecule has 0 bridgehead atoms. The third kappa shape index (κ3) is 5.98. The summed E-state index contributed by atoms with van der Waals surface area (Å²) in [5.74, 6) is 0.298. The third-order valence-corrected chi connectivity index (χ3v) is 9.50. The molecule has 0 radical (unpaired) electrons. The first-order valence-electron chi connectivity index (χ1n) is 11.5. The molecule has 1 aromatic carbocycles. The summed E-state index contributed by atoms with van der Waals surface area (Å²) >= 11 is 0.861. The number of ether oxygens (including phenoxy) is 1. The molecule has 11 nitrogen and oxygen atoms in total. The van der Waals surface area contributed by atoms with Gasteiger partial charge in [0.25, 0.3) is 10.0 Å². The number of aromatic nitrogens is 3. The smallest absolute Gasteiger partial charge is 0.418 e. The highest BCUT2D eigenvalue weighted by atomic mass is 32.2. The molecule has 2 aromatic heterocycles. The highest BCUT2D eigenvalue weighted by Gasteiger charge is 2.34. The molecule has 38 heavy (non-hydrogen) atoms. The molecule has 0 spiro atoms. The summed E-state index contributed by atoms with van der Waals surface area (Å²) in [6.45, 7) is 5.36. The number of fused-ring (bicyclic) bond motifs is 1. The van der Waals surface area contributed by atoms with Crippen molar-refractivity contribution in [2.24, 2.45) is 0 Å². The molecule has 1 aliphatic rings. The van der Waals surface area contributed by atoms with E-state index >= 15 is 0 Å². The quantitative estimate of drug-likeness (QED) is 0.437. The summed E-state index contributed by atoms with van der Waals surface area (Å²) in [5, 5.41) is 5.95. The summed E-state index contributed by atoms with van der Waals surface area (Å²) in [6.07, 6.45) is -4.17. The van der Waals surface area contributed by atoms with Crippen LogP contribution in [0.4, 0.5) is 28.9 Å². The molecular weight excluding hydrogens is 547 g/mol. The minimum Gasteiger partial charge on any atom is -0.453 e. The average Bonchev–Trinajstić information content (AvgIpc) is 3.24. The Kier molecular flexibility index (Phi) is 8.06. The van der Waals surface area contributed by atoms with Crippen molar-refractivity contribution >= 4 is 49.3 Å². The van der Waals surface area contributed by atoms with E-state index in [0.29, 0.717) is 25.5 Å². The minimum absolute atomic E-state index is 0.0567. The number of hydrogen-bond donors (Lipinski definition) is 2. The number of sulfonamides is 1. The largest absolute Gasteiger partial charge is 0.453 e. The van der Waals surface area contributed by atoms with E-state index in [1.807, 2.05) is 6.92 Å². The molecule has 1 atom stereocenters. The zero-order valence-electron chi connectivity index (χ0n) is 20.7. The molecule has 1 amide bonds. The van der Waals surface area contributed by atoms with Crippen molar-refractivity contribution in [1.29, 1.82) is 0 Å². The maximum atomic E-state index is 13.4. The first-order valence-corrected chi connectivity index (χ1v) is 13.8. The fourth-order valence-corrected chi connectivity index (χ4v) is 7.14. The Morgan fingerprint density at radius 1 is 1.21 bits per heavy atom. The van der Waals surface area contributed by atoms with Gasteiger partial charge in [0.05, 0.1) is 23.9 Å². The van der Waals surface area contributed by atoms with Crippen LogP contribution in [-0.2, 0) is 20.9 Å². The van der Waals surface area contributed by atoms with Gasteiger partial charge in [0, 0.05) is 44.2 Å². The second-order valence-corrected chi connectivity index (χ2v) is 11.8. The van der Waals surface area contributed by atoms with Crippen molar-refractivity contribution in [2.45, 2.75) is 30.3 Å². The van der Waals surface area contributed by atoms with E-state index in [1.165, 1.54) is 23.5 Å². The summed E-state index contributed by atoms with van der Waals surface area (Å²) in [6, 6.07) is 3.65. The summed E-state index contributed by atoms with van der Waals surface area (Å²) in [4.78, 5) is 25.6. The number of carbonyl (C=O) groups excluding carboxylic acids is 1. The number of carbonyl (C=O) groups is 1. The van der Waals surface area contributed by atoms with Crippen LogP contribution < -0.4 is 10.6 Å². The number of anilines is 2. The van der Waals surface area contributed by atoms with E-state index in [9.17, 15) is 26.4 Å². The zero-order chi connectivity index (χ0) is 27.7. The minimum atomic E-state index is -4.53. The normalized spacial score (nSPS) is 16.4. The topological polar surface area (TPSA) is 130 Å². The van der Waals surface area contributed by atoms with Crippen LogP contribution in [0, 0.1) is 6.92 Å². The molecule has 1 saturated heterocycles. The second kappa shape index (κ2) is 11.0. The van der Waals surface area contributed by atoms with Gasteiger partial charge in [-0.3, -0.25) is 10.2 Å². The van der Waals surface area contributed by atoms with Gasteiger partial charge in [-0.15, -0.1) is 0 Å². The van der Waals surface area contributed by atoms with Gasteiger partial charge in [0.1, 0.15) is 12.1 Å². The Hall–Kier alpha value is -3.08. The van der Waals surface area contributed by atoms with E-state index in [4.69, 9.17) is 0 Å². The number of alkyl halides is 3. The first-order chi connectivity index (χ1) is 17.9. The van der Waals surface area contributed by atoms with Gasteiger partial charge in [-0.05, 0) is 26.0 Å². The Morgan fingerprint density at radius 3 is 2.58 bits per heavy atom. The molecule has 1 aliphatic heterocycles. The van der Waals surface area contributed by atoms with Crippen LogP contribution in [0.15, 0.2) is 28.7 Å². The van der Waals surface area contributed by atoms with Gasteiger partial charge in [-0.2, -0.15) is 17.5 Å². The van der Waals surface area contributed by atoms with Crippen molar-refractivity contribution in [2.75, 3.05) is 50.5 Å². The van der Waals surface area contributed by atoms with E-state index in [0.717, 1.165) is 23.7 Å². The number of benzene rings is 1. The van der Waals surface area contributed by atoms with Gasteiger partial charge in [0.2, 0.25) is 0 Å². The number of aryl methyl sites for hydroxylation is 1. The molecule has 1 fully saturated rings. The number of nitrogens with zero attached hydrogens (tertiary/aromatic N) is 5. The van der Waals surface area contributed by atoms with Crippen molar-refractivity contribution in [3.63, 3.8) is 0 Å². The molecule has 1 unspecified atom stereocenters. The fourth-order valence-electron chi connectivity index (χ4n) is 4.18. The maximum Gasteiger partial charge on any atom is 0.418 e. The lowest BCUT2D eigenvalue weighted by atomic mass is 10.1. The van der Waals surface area contributed by atoms with E-state index in [1.54, 1.807) is 6.92 Å². The number of halogens is 3. The van der Waals surface area contributed by atoms with Gasteiger partial charge in [-0.25, -0.2) is 28.2 Å². The van der Waals surface area contributed by atoms with Crippen LogP contribution in [0.3, 0.4) is 0 Å². The van der Waals surface area contributed by atoms with Crippen LogP contribution in [0.1, 0.15) is 18.2 Å². The lowest BCUT2D eigenvalue weighted by molar-refractivity contribution is -0.136. The lowest BCUT2D eigenvalue weighted by Crippen LogP contribution is -2.50. The first kappa shape index (κ1) is 27.9. The average molecular weight is 574 g/mol. The Bertz CT molecular complexity index is 1420. The van der Waals surface area contributed by atoms with Crippen LogP contribution in [-0.4, -0.2) is 84.5 Å². The molecule has 0 aliphatic carbocycles. The van der Waals surface area contributed by atoms with Crippen molar-refractivity contribution in [3.05, 3.63) is 35.8 Å². The lowest BCUT2D eigenvalue weighted by Gasteiger charge is -2.35. The number of amides is 1. The predicted octanol–water partition coefficient (Wildman–Crippen LogP) is 3.40. The summed E-state index contributed by atoms with van der Waals surface area (Å²) in [7, 11) is -2.61. The number of nitrogens with one attached hydrogen (secondary N) is 2. The van der Waals surface area contributed by atoms with Gasteiger partial charge < -0.3 is 10.1 Å². The molecule has 2 N–H and O–H groups in total. The number of hydrogen-bond acceptors (Lipinski definition) is 10. The number of thiazole rings is 1. The van der Waals surface area contributed by atoms with Gasteiger partial charge in [-0.1, -0.05) is 17.4 Å². The van der Waals surface area contributed by atoms with Crippen LogP contribution >= 0.6 is 11.3 Å². The Morgan fingerprint density at radius 2 is 1.92 bits per heavy atom. The van der Waals surface area contributed by atoms with E-state index in [-0.39, 0.29) is 45.1 Å². The third-order valence-electron chi connectivity index (χ3n) is 5.94. The highest BCUT2D eigenvalue weighted by Crippen LogP contribution is 2.35. The molecule has 3 aromatic rings. The summed E-state index contributed by atoms with van der Waals surface area (Å²) in [5.41, 5.74) is -0.714. The number of piperazine rings is 1. The number of rotatable bonds is 7. The maximum absolute atomic E-state index is 13.4. The highest BCUT2D eigenvalue weighted by molar-refractivity contribution is 7.91. The monoisotopic (exact) mass is 573 g/mol. The number of methoxy groups -OCH3 is 1. The predicted molar refractivity (Wildman–Crippen MR) is 136 cm³/mol. The molecule has 4 rings (SSSR count). The molecule has 3 heterocycles. The van der Waals surface area contributed by atoms with Crippen LogP contribution in [0.25, 0.3) is 10.9 Å². The standard InChI is InChI=1S/C22H26F3N7O4S2/c1-13(28-18-15-5-4-6-16(22(23,24)25)17(15)26-12-27-18)11-31-7-9-32(10-8-31)38(34,35)19-14(2)29-20(37-19)30-21(33)36-3/h4-6,12-13H,7-11H2,1-3H3,(H,26,27,28)(H,29,30,33). The number of para-hydroxylation sites is 1. The van der Waals surface area contributed by atoms with Gasteiger partial charge in [0.15, 0.2) is 9.34 Å². The second-order valence-electron chi connectivity index (χ2n) is 8.68. The van der Waals surface area contributed by atoms with Crippen molar-refractivity contribution in [3.8, 4) is 0 Å². The van der Waals surface area contributed by atoms with Gasteiger partial charge >= 0.3 is 12.3 Å². The molecular formula is C22H26F3N7O4S2. The molecule has 206 valence electrons. The van der Waals surface area contributed by atoms with Crippen molar-refractivity contribution in [1.82, 2.24) is 24.2 Å². The summed E-state index contributed by atoms with van der Waals surface area (Å²) < 4.78 is 72.5. The SMILES string of the molecule is COC(=O)Nc1nc(C)c(S(=O)(=O)N2CCN(CC(C)Nc3ncnc4c(C(F)(F)F)cccc34)CC2)s1. The zero-order valence-corrected chi connectivity index (χ0v) is 22.4. The van der Waals surface area contributed by atoms with Crippen LogP contribution in [0.2, 0.25) is 0 Å². The molecule has 16 heteroatoms. The Balaban J connectivity index is 1.38. The van der Waals surface area contributed by atoms with E-state index < -0.39 is 27.9 Å². The van der Waals surface area contributed by atoms with Crippen molar-refractivity contribution < 1.29 is 31.1 Å². The van der Waals surface area contributed by atoms with E-state index in [2.05, 4.69) is 35.2 Å². The Labute approximate surface area is 221 Å².